The molecule has 0 aliphatic heterocycles. The first-order chi connectivity index (χ1) is 13.3. The predicted octanol–water partition coefficient (Wildman–Crippen LogP) is 4.98. The van der Waals surface area contributed by atoms with Gasteiger partial charge in [-0.2, -0.15) is 0 Å². The molecule has 4 rings (SSSR count). The van der Waals surface area contributed by atoms with Crippen molar-refractivity contribution in [1.82, 2.24) is 14.8 Å². The van der Waals surface area contributed by atoms with Crippen molar-refractivity contribution in [1.29, 1.82) is 0 Å². The number of carbonyl (C=O) groups is 1. The highest BCUT2D eigenvalue weighted by atomic mass is 32.2. The second kappa shape index (κ2) is 8.01. The Bertz CT molecular complexity index is 1020. The molecule has 0 bridgehead atoms. The minimum absolute atomic E-state index is 0.0504. The van der Waals surface area contributed by atoms with E-state index in [0.29, 0.717) is 10.7 Å². The molecule has 1 aromatic heterocycles. The van der Waals surface area contributed by atoms with E-state index in [1.165, 1.54) is 11.8 Å². The number of carbonyl (C=O) groups excluding carboxylic acids is 1. The topological polar surface area (TPSA) is 47.8 Å². The van der Waals surface area contributed by atoms with Gasteiger partial charge in [-0.3, -0.25) is 9.36 Å². The van der Waals surface area contributed by atoms with Crippen molar-refractivity contribution in [3.8, 4) is 5.69 Å². The van der Waals surface area contributed by atoms with Crippen LogP contribution in [0, 0.1) is 0 Å². The van der Waals surface area contributed by atoms with Gasteiger partial charge >= 0.3 is 0 Å². The Morgan fingerprint density at radius 1 is 0.815 bits per heavy atom. The molecule has 0 radical (unpaired) electrons. The number of hydrogen-bond acceptors (Lipinski definition) is 4. The molecule has 0 aliphatic carbocycles. The van der Waals surface area contributed by atoms with Gasteiger partial charge in [0.2, 0.25) is 0 Å². The van der Waals surface area contributed by atoms with Crippen molar-refractivity contribution in [2.45, 2.75) is 10.4 Å². The van der Waals surface area contributed by atoms with Crippen LogP contribution in [0.2, 0.25) is 0 Å². The molecule has 0 amide bonds. The lowest BCUT2D eigenvalue weighted by atomic mass is 10.0. The average molecular weight is 371 g/mol. The Balaban J connectivity index is 1.71. The summed E-state index contributed by atoms with van der Waals surface area (Å²) in [5.74, 6) is 0.0504. The number of Topliss-reactive ketones (excluding diaryl/α,β-unsaturated/α-hetero) is 1. The Kier molecular flexibility index (Phi) is 5.12. The number of thioether (sulfide) groups is 1. The third-order valence-electron chi connectivity index (χ3n) is 4.17. The molecule has 132 valence electrons. The molecule has 4 nitrogen and oxygen atoms in total. The summed E-state index contributed by atoms with van der Waals surface area (Å²) in [7, 11) is 0. The van der Waals surface area contributed by atoms with Crippen LogP contribution in [0.25, 0.3) is 5.69 Å². The number of ketones is 1. The van der Waals surface area contributed by atoms with Gasteiger partial charge in [0.1, 0.15) is 11.6 Å². The van der Waals surface area contributed by atoms with E-state index in [4.69, 9.17) is 0 Å². The SMILES string of the molecule is O=C(c1ccccc1)[C@H](Sc1nncn1-c1ccccc1)c1ccccc1. The zero-order chi connectivity index (χ0) is 18.5. The molecular formula is C22H17N3OS. The van der Waals surface area contributed by atoms with Crippen LogP contribution in [0.1, 0.15) is 21.2 Å². The first-order valence-electron chi connectivity index (χ1n) is 8.59. The van der Waals surface area contributed by atoms with E-state index >= 15 is 0 Å². The molecule has 1 heterocycles. The fourth-order valence-electron chi connectivity index (χ4n) is 2.83. The van der Waals surface area contributed by atoms with E-state index in [0.717, 1.165) is 11.3 Å². The first kappa shape index (κ1) is 17.2. The van der Waals surface area contributed by atoms with Gasteiger partial charge in [0, 0.05) is 11.3 Å². The minimum Gasteiger partial charge on any atom is -0.293 e. The van der Waals surface area contributed by atoms with Crippen LogP contribution in [0.4, 0.5) is 0 Å². The van der Waals surface area contributed by atoms with E-state index in [1.54, 1.807) is 6.33 Å². The van der Waals surface area contributed by atoms with Crippen LogP contribution in [0.15, 0.2) is 102 Å². The lowest BCUT2D eigenvalue weighted by Gasteiger charge is -2.16. The molecule has 1 atom stereocenters. The van der Waals surface area contributed by atoms with Crippen LogP contribution >= 0.6 is 11.8 Å². The Morgan fingerprint density at radius 2 is 1.41 bits per heavy atom. The van der Waals surface area contributed by atoms with Crippen molar-refractivity contribution in [3.63, 3.8) is 0 Å². The van der Waals surface area contributed by atoms with Crippen molar-refractivity contribution in [2.75, 3.05) is 0 Å². The summed E-state index contributed by atoms with van der Waals surface area (Å²) < 4.78 is 1.90. The smallest absolute Gasteiger partial charge is 0.196 e. The molecule has 0 saturated heterocycles. The summed E-state index contributed by atoms with van der Waals surface area (Å²) in [6.07, 6.45) is 1.67. The number of benzene rings is 3. The fraction of sp³-hybridized carbons (Fsp3) is 0.0455. The highest BCUT2D eigenvalue weighted by Crippen LogP contribution is 2.37. The number of nitrogens with zero attached hydrogens (tertiary/aromatic N) is 3. The molecule has 0 spiro atoms. The zero-order valence-corrected chi connectivity index (χ0v) is 15.3. The summed E-state index contributed by atoms with van der Waals surface area (Å²) in [5.41, 5.74) is 2.59. The molecule has 27 heavy (non-hydrogen) atoms. The molecular weight excluding hydrogens is 354 g/mol. The standard InChI is InChI=1S/C22H17N3OS/c26-20(17-10-4-1-5-11-17)21(18-12-6-2-7-13-18)27-22-24-23-16-25(22)19-14-8-3-9-15-19/h1-16,21H/t21-/m1/s1. The van der Waals surface area contributed by atoms with Crippen molar-refractivity contribution in [2.24, 2.45) is 0 Å². The maximum Gasteiger partial charge on any atom is 0.196 e. The second-order valence-corrected chi connectivity index (χ2v) is 7.03. The lowest BCUT2D eigenvalue weighted by Crippen LogP contribution is -2.11. The van der Waals surface area contributed by atoms with E-state index < -0.39 is 5.25 Å². The van der Waals surface area contributed by atoms with Gasteiger partial charge in [-0.05, 0) is 17.7 Å². The van der Waals surface area contributed by atoms with Crippen molar-refractivity contribution in [3.05, 3.63) is 108 Å². The number of para-hydroxylation sites is 1. The predicted molar refractivity (Wildman–Crippen MR) is 107 cm³/mol. The summed E-state index contributed by atoms with van der Waals surface area (Å²) in [4.78, 5) is 13.2. The Hall–Kier alpha value is -3.18. The lowest BCUT2D eigenvalue weighted by molar-refractivity contribution is 0.0989. The monoisotopic (exact) mass is 371 g/mol. The van der Waals surface area contributed by atoms with Gasteiger partial charge in [0.05, 0.1) is 0 Å². The molecule has 4 aromatic rings. The van der Waals surface area contributed by atoms with Crippen LogP contribution in [0.3, 0.4) is 0 Å². The van der Waals surface area contributed by atoms with Gasteiger partial charge in [-0.15, -0.1) is 10.2 Å². The van der Waals surface area contributed by atoms with E-state index in [9.17, 15) is 4.79 Å². The number of hydrogen-bond donors (Lipinski definition) is 0. The quantitative estimate of drug-likeness (QED) is 0.354. The van der Waals surface area contributed by atoms with Gasteiger partial charge < -0.3 is 0 Å². The van der Waals surface area contributed by atoms with E-state index in [1.807, 2.05) is 95.6 Å². The van der Waals surface area contributed by atoms with Gasteiger partial charge in [-0.25, -0.2) is 0 Å². The fourth-order valence-corrected chi connectivity index (χ4v) is 3.94. The normalized spacial score (nSPS) is 11.9. The number of aromatic nitrogens is 3. The molecule has 0 N–H and O–H groups in total. The molecule has 0 saturated carbocycles. The van der Waals surface area contributed by atoms with Crippen molar-refractivity contribution < 1.29 is 4.79 Å². The van der Waals surface area contributed by atoms with Gasteiger partial charge in [0.25, 0.3) is 0 Å². The third-order valence-corrected chi connectivity index (χ3v) is 5.38. The van der Waals surface area contributed by atoms with Crippen LogP contribution in [-0.2, 0) is 0 Å². The van der Waals surface area contributed by atoms with E-state index in [2.05, 4.69) is 10.2 Å². The first-order valence-corrected chi connectivity index (χ1v) is 9.47. The molecule has 0 fully saturated rings. The van der Waals surface area contributed by atoms with Crippen LogP contribution in [-0.4, -0.2) is 20.5 Å². The Morgan fingerprint density at radius 3 is 2.07 bits per heavy atom. The summed E-state index contributed by atoms with van der Waals surface area (Å²) in [6, 6.07) is 29.0. The maximum absolute atomic E-state index is 13.2. The summed E-state index contributed by atoms with van der Waals surface area (Å²) in [5, 5.41) is 8.59. The second-order valence-electron chi connectivity index (χ2n) is 5.96. The van der Waals surface area contributed by atoms with Crippen LogP contribution < -0.4 is 0 Å². The zero-order valence-electron chi connectivity index (χ0n) is 14.5. The summed E-state index contributed by atoms with van der Waals surface area (Å²) in [6.45, 7) is 0. The van der Waals surface area contributed by atoms with Crippen LogP contribution in [0.5, 0.6) is 0 Å². The highest BCUT2D eigenvalue weighted by molar-refractivity contribution is 8.00. The maximum atomic E-state index is 13.2. The third kappa shape index (κ3) is 3.83. The largest absolute Gasteiger partial charge is 0.293 e. The molecule has 3 aromatic carbocycles. The van der Waals surface area contributed by atoms with E-state index in [-0.39, 0.29) is 5.78 Å². The molecule has 0 aliphatic rings. The molecule has 5 heteroatoms. The number of rotatable bonds is 6. The highest BCUT2D eigenvalue weighted by Gasteiger charge is 2.25. The Labute approximate surface area is 161 Å². The average Bonchev–Trinajstić information content (AvgIpc) is 3.22. The van der Waals surface area contributed by atoms with Gasteiger partial charge in [0.15, 0.2) is 10.9 Å². The van der Waals surface area contributed by atoms with Gasteiger partial charge in [-0.1, -0.05) is 90.6 Å². The summed E-state index contributed by atoms with van der Waals surface area (Å²) >= 11 is 1.41. The molecule has 0 unspecified atom stereocenters. The van der Waals surface area contributed by atoms with Crippen molar-refractivity contribution >= 4 is 17.5 Å². The minimum atomic E-state index is -0.403.